The second kappa shape index (κ2) is 9.70. The van der Waals surface area contributed by atoms with Crippen molar-refractivity contribution in [3.05, 3.63) is 17.0 Å². The Kier molecular flexibility index (Phi) is 7.36. The lowest BCUT2D eigenvalue weighted by Crippen LogP contribution is -2.51. The van der Waals surface area contributed by atoms with Gasteiger partial charge in [0.1, 0.15) is 11.3 Å². The van der Waals surface area contributed by atoms with Crippen molar-refractivity contribution >= 4 is 17.9 Å². The smallest absolute Gasteiger partial charge is 0.330 e. The molecule has 2 fully saturated rings. The van der Waals surface area contributed by atoms with E-state index in [9.17, 15) is 14.4 Å². The summed E-state index contributed by atoms with van der Waals surface area (Å²) in [4.78, 5) is 41.5. The number of esters is 1. The number of ether oxygens (including phenoxy) is 2. The minimum absolute atomic E-state index is 0.0183. The van der Waals surface area contributed by atoms with Crippen LogP contribution >= 0.6 is 0 Å². The molecule has 0 aromatic carbocycles. The largest absolute Gasteiger partial charge is 0.467 e. The molecule has 1 N–H and O–H groups in total. The molecule has 10 nitrogen and oxygen atoms in total. The molecular formula is C23H36N4O6. The lowest BCUT2D eigenvalue weighted by molar-refractivity contribution is -0.146. The summed E-state index contributed by atoms with van der Waals surface area (Å²) in [5.74, 6) is -0.0433. The van der Waals surface area contributed by atoms with Gasteiger partial charge in [-0.05, 0) is 59.3 Å². The molecule has 1 aromatic rings. The molecule has 10 heteroatoms. The Morgan fingerprint density at radius 1 is 1.12 bits per heavy atom. The third-order valence-electron chi connectivity index (χ3n) is 6.55. The predicted octanol–water partition coefficient (Wildman–Crippen LogP) is 2.29. The highest BCUT2D eigenvalue weighted by atomic mass is 16.5. The van der Waals surface area contributed by atoms with E-state index in [0.717, 1.165) is 19.3 Å². The van der Waals surface area contributed by atoms with Crippen molar-refractivity contribution in [3.8, 4) is 0 Å². The van der Waals surface area contributed by atoms with E-state index in [2.05, 4.69) is 10.5 Å². The fraction of sp³-hybridized carbons (Fsp3) is 0.739. The molecule has 1 spiro atoms. The normalized spacial score (nSPS) is 19.0. The Balaban J connectivity index is 1.55. The van der Waals surface area contributed by atoms with Crippen molar-refractivity contribution in [2.45, 2.75) is 65.5 Å². The number of nitrogens with one attached hydrogen (secondary N) is 1. The van der Waals surface area contributed by atoms with Crippen LogP contribution in [0.4, 0.5) is 4.79 Å². The highest BCUT2D eigenvalue weighted by Gasteiger charge is 2.43. The SMILES string of the molecule is COC(=O)[C@H](COC(C)(C)C)NC(=O)N1CCC2(CCN(C(=O)c3c(C)noc3C)CC2)C1. The zero-order chi connectivity index (χ0) is 24.4. The number of carbonyl (C=O) groups is 3. The monoisotopic (exact) mass is 464 g/mol. The quantitative estimate of drug-likeness (QED) is 0.665. The minimum Gasteiger partial charge on any atom is -0.467 e. The molecule has 3 amide bonds. The number of amides is 3. The van der Waals surface area contributed by atoms with Crippen molar-refractivity contribution < 1.29 is 28.4 Å². The van der Waals surface area contributed by atoms with E-state index < -0.39 is 17.6 Å². The molecule has 33 heavy (non-hydrogen) atoms. The van der Waals surface area contributed by atoms with Gasteiger partial charge in [-0.2, -0.15) is 0 Å². The highest BCUT2D eigenvalue weighted by Crippen LogP contribution is 2.40. The fourth-order valence-corrected chi connectivity index (χ4v) is 4.53. The van der Waals surface area contributed by atoms with E-state index in [4.69, 9.17) is 14.0 Å². The molecular weight excluding hydrogens is 428 g/mol. The van der Waals surface area contributed by atoms with Gasteiger partial charge in [-0.25, -0.2) is 9.59 Å². The van der Waals surface area contributed by atoms with Gasteiger partial charge in [0.05, 0.1) is 25.0 Å². The first-order valence-electron chi connectivity index (χ1n) is 11.4. The van der Waals surface area contributed by atoms with Gasteiger partial charge in [0.25, 0.3) is 5.91 Å². The zero-order valence-corrected chi connectivity index (χ0v) is 20.5. The summed E-state index contributed by atoms with van der Waals surface area (Å²) in [6, 6.07) is -1.16. The third kappa shape index (κ3) is 5.85. The van der Waals surface area contributed by atoms with Crippen LogP contribution in [0.3, 0.4) is 0 Å². The molecule has 1 atom stereocenters. The zero-order valence-electron chi connectivity index (χ0n) is 20.5. The predicted molar refractivity (Wildman–Crippen MR) is 120 cm³/mol. The number of aromatic nitrogens is 1. The Morgan fingerprint density at radius 3 is 2.24 bits per heavy atom. The molecule has 1 aromatic heterocycles. The summed E-state index contributed by atoms with van der Waals surface area (Å²) < 4.78 is 15.7. The second-order valence-corrected chi connectivity index (χ2v) is 10.1. The molecule has 2 aliphatic heterocycles. The Bertz CT molecular complexity index is 863. The highest BCUT2D eigenvalue weighted by molar-refractivity contribution is 5.96. The maximum atomic E-state index is 12.9. The lowest BCUT2D eigenvalue weighted by atomic mass is 9.77. The molecule has 3 heterocycles. The van der Waals surface area contributed by atoms with Gasteiger partial charge in [-0.1, -0.05) is 5.16 Å². The Morgan fingerprint density at radius 2 is 1.73 bits per heavy atom. The first kappa shape index (κ1) is 25.0. The van der Waals surface area contributed by atoms with Gasteiger partial charge >= 0.3 is 12.0 Å². The van der Waals surface area contributed by atoms with Gasteiger partial charge in [0, 0.05) is 26.2 Å². The number of piperidine rings is 1. The van der Waals surface area contributed by atoms with E-state index in [-0.39, 0.29) is 24.0 Å². The Labute approximate surface area is 194 Å². The number of nitrogens with zero attached hydrogens (tertiary/aromatic N) is 3. The molecule has 0 bridgehead atoms. The topological polar surface area (TPSA) is 114 Å². The molecule has 2 aliphatic rings. The van der Waals surface area contributed by atoms with E-state index in [1.807, 2.05) is 25.7 Å². The summed E-state index contributed by atoms with van der Waals surface area (Å²) in [7, 11) is 1.29. The van der Waals surface area contributed by atoms with Crippen molar-refractivity contribution in [3.63, 3.8) is 0 Å². The molecule has 184 valence electrons. The number of methoxy groups -OCH3 is 1. The second-order valence-electron chi connectivity index (χ2n) is 10.1. The minimum atomic E-state index is -0.868. The van der Waals surface area contributed by atoms with Gasteiger partial charge in [0.2, 0.25) is 0 Å². The van der Waals surface area contributed by atoms with Gasteiger partial charge in [-0.15, -0.1) is 0 Å². The Hall–Kier alpha value is -2.62. The van der Waals surface area contributed by atoms with Crippen LogP contribution in [0.25, 0.3) is 0 Å². The van der Waals surface area contributed by atoms with Crippen LogP contribution in [-0.4, -0.2) is 84.4 Å². The molecule has 2 saturated heterocycles. The van der Waals surface area contributed by atoms with E-state index in [0.29, 0.717) is 43.2 Å². The molecule has 3 rings (SSSR count). The standard InChI is InChI=1S/C23H36N4O6/c1-15-18(16(2)33-25-15)19(28)26-10-7-23(8-11-26)9-12-27(14-23)21(30)24-17(20(29)31-6)13-32-22(3,4)5/h17H,7-14H2,1-6H3,(H,24,30)/t17-/m0/s1. The number of rotatable bonds is 5. The molecule has 0 aliphatic carbocycles. The lowest BCUT2D eigenvalue weighted by Gasteiger charge is -2.39. The summed E-state index contributed by atoms with van der Waals surface area (Å²) in [5, 5.41) is 6.65. The van der Waals surface area contributed by atoms with Crippen LogP contribution in [0.1, 0.15) is 61.8 Å². The van der Waals surface area contributed by atoms with Gasteiger partial charge < -0.3 is 29.1 Å². The summed E-state index contributed by atoms with van der Waals surface area (Å²) in [6.45, 7) is 11.7. The number of aryl methyl sites for hydroxylation is 2. The first-order valence-corrected chi connectivity index (χ1v) is 11.4. The number of urea groups is 1. The molecule has 0 radical (unpaired) electrons. The maximum absolute atomic E-state index is 12.9. The summed E-state index contributed by atoms with van der Waals surface area (Å²) in [6.07, 6.45) is 2.51. The number of hydrogen-bond acceptors (Lipinski definition) is 7. The number of likely N-dealkylation sites (tertiary alicyclic amines) is 2. The van der Waals surface area contributed by atoms with Crippen LogP contribution in [0, 0.1) is 19.3 Å². The van der Waals surface area contributed by atoms with Crippen molar-refractivity contribution in [2.75, 3.05) is 39.9 Å². The van der Waals surface area contributed by atoms with Crippen molar-refractivity contribution in [1.82, 2.24) is 20.3 Å². The maximum Gasteiger partial charge on any atom is 0.330 e. The van der Waals surface area contributed by atoms with Gasteiger partial charge in [0.15, 0.2) is 6.04 Å². The van der Waals surface area contributed by atoms with Crippen LogP contribution in [0.5, 0.6) is 0 Å². The average Bonchev–Trinajstić information content (AvgIpc) is 3.33. The molecule has 0 unspecified atom stereocenters. The van der Waals surface area contributed by atoms with Crippen molar-refractivity contribution in [1.29, 1.82) is 0 Å². The van der Waals surface area contributed by atoms with Gasteiger partial charge in [-0.3, -0.25) is 4.79 Å². The average molecular weight is 465 g/mol. The molecule has 0 saturated carbocycles. The van der Waals surface area contributed by atoms with E-state index >= 15 is 0 Å². The fourth-order valence-electron chi connectivity index (χ4n) is 4.53. The summed E-state index contributed by atoms with van der Waals surface area (Å²) >= 11 is 0. The van der Waals surface area contributed by atoms with Crippen molar-refractivity contribution in [2.24, 2.45) is 5.41 Å². The van der Waals surface area contributed by atoms with Crippen LogP contribution in [0.15, 0.2) is 4.52 Å². The number of carbonyl (C=O) groups excluding carboxylic acids is 3. The first-order chi connectivity index (χ1) is 15.4. The summed E-state index contributed by atoms with van der Waals surface area (Å²) in [5.41, 5.74) is 0.695. The van der Waals surface area contributed by atoms with E-state index in [1.54, 1.807) is 18.7 Å². The van der Waals surface area contributed by atoms with E-state index in [1.165, 1.54) is 7.11 Å². The third-order valence-corrected chi connectivity index (χ3v) is 6.55. The van der Waals surface area contributed by atoms with Crippen LogP contribution in [-0.2, 0) is 14.3 Å². The van der Waals surface area contributed by atoms with Crippen LogP contribution in [0.2, 0.25) is 0 Å². The van der Waals surface area contributed by atoms with Crippen LogP contribution < -0.4 is 5.32 Å². The number of hydrogen-bond donors (Lipinski definition) is 1.